The maximum atomic E-state index is 13.0. The zero-order valence-corrected chi connectivity index (χ0v) is 44.3. The molecule has 0 spiro atoms. The second-order valence-electron chi connectivity index (χ2n) is 17.8. The molecule has 1 rings (SSSR count). The highest BCUT2D eigenvalue weighted by atomic mass is 31.2. The van der Waals surface area contributed by atoms with E-state index in [4.69, 9.17) is 18.5 Å². The van der Waals surface area contributed by atoms with E-state index < -0.39 is 95.7 Å². The molecule has 1 aliphatic carbocycles. The minimum absolute atomic E-state index is 0.0362. The lowest BCUT2D eigenvalue weighted by Gasteiger charge is -2.43. The molecule has 1 aliphatic rings. The van der Waals surface area contributed by atoms with Crippen molar-refractivity contribution in [1.29, 1.82) is 0 Å². The van der Waals surface area contributed by atoms with E-state index in [0.29, 0.717) is 12.8 Å². The lowest BCUT2D eigenvalue weighted by atomic mass is 9.85. The van der Waals surface area contributed by atoms with Crippen LogP contribution >= 0.6 is 15.6 Å². The molecule has 0 aromatic rings. The van der Waals surface area contributed by atoms with Crippen molar-refractivity contribution in [3.8, 4) is 0 Å². The van der Waals surface area contributed by atoms with Gasteiger partial charge in [-0.15, -0.1) is 0 Å². The van der Waals surface area contributed by atoms with Gasteiger partial charge in [0, 0.05) is 12.8 Å². The Morgan fingerprint density at radius 2 is 0.986 bits per heavy atom. The average Bonchev–Trinajstić information content (AvgIpc) is 3.33. The van der Waals surface area contributed by atoms with Gasteiger partial charge in [0.1, 0.15) is 43.2 Å². The summed E-state index contributed by atoms with van der Waals surface area (Å²) in [5.74, 6) is -1.51. The molecule has 10 atom stereocenters. The molecule has 0 aliphatic heterocycles. The zero-order valence-electron chi connectivity index (χ0n) is 42.6. The van der Waals surface area contributed by atoms with Gasteiger partial charge in [0.2, 0.25) is 0 Å². The van der Waals surface area contributed by atoms with Gasteiger partial charge in [-0.05, 0) is 89.9 Å². The Morgan fingerprint density at radius 1 is 0.514 bits per heavy atom. The van der Waals surface area contributed by atoms with Gasteiger partial charge < -0.3 is 54.8 Å². The van der Waals surface area contributed by atoms with Crippen LogP contribution in [0.5, 0.6) is 0 Å². The summed E-state index contributed by atoms with van der Waals surface area (Å²) in [6, 6.07) is 0. The van der Waals surface area contributed by atoms with Crippen molar-refractivity contribution < 1.29 is 87.1 Å². The number of carbonyl (C=O) groups is 2. The summed E-state index contributed by atoms with van der Waals surface area (Å²) in [7, 11) is -10.8. The van der Waals surface area contributed by atoms with Crippen molar-refractivity contribution in [3.05, 3.63) is 85.1 Å². The number of phosphoric acid groups is 2. The Labute approximate surface area is 428 Å². The number of esters is 2. The van der Waals surface area contributed by atoms with Crippen LogP contribution in [0.15, 0.2) is 85.1 Å². The first-order valence-corrected chi connectivity index (χ1v) is 28.8. The van der Waals surface area contributed by atoms with E-state index in [0.717, 1.165) is 77.0 Å². The SMILES string of the molecule is CC/C=C\C/C=C\C/C=C\C/C=C\C[C@H](O)[C@@H](O)CCCC(=O)OC[C@H](COP(=O)(O)O[C@H]1C(O)C(O)C(O)[C@@H](OP(=O)(O)O)C1O)OC(=O)CCCCCCCC/C=C\C/C=C\C/C=C\CCCCCC. The molecule has 20 heteroatoms. The summed E-state index contributed by atoms with van der Waals surface area (Å²) in [6.45, 7) is 2.72. The first-order valence-electron chi connectivity index (χ1n) is 25.8. The number of carbonyl (C=O) groups excluding carboxylic acids is 2. The molecule has 18 nitrogen and oxygen atoms in total. The van der Waals surface area contributed by atoms with Crippen molar-refractivity contribution in [2.45, 2.75) is 216 Å². The van der Waals surface area contributed by atoms with Crippen LogP contribution in [0.1, 0.15) is 162 Å². The van der Waals surface area contributed by atoms with Gasteiger partial charge in [-0.25, -0.2) is 9.13 Å². The van der Waals surface area contributed by atoms with Crippen LogP contribution in [0.4, 0.5) is 0 Å². The Bertz CT molecular complexity index is 1740. The molecular formula is C52H88O18P2. The first-order chi connectivity index (χ1) is 34.4. The normalized spacial score (nSPS) is 22.3. The van der Waals surface area contributed by atoms with Crippen LogP contribution in [0.3, 0.4) is 0 Å². The van der Waals surface area contributed by atoms with Gasteiger partial charge in [-0.2, -0.15) is 0 Å². The zero-order chi connectivity index (χ0) is 53.5. The van der Waals surface area contributed by atoms with Gasteiger partial charge in [-0.1, -0.05) is 144 Å². The van der Waals surface area contributed by atoms with Crippen molar-refractivity contribution in [2.24, 2.45) is 0 Å². The smallest absolute Gasteiger partial charge is 0.462 e. The van der Waals surface area contributed by atoms with Crippen LogP contribution in [-0.4, -0.2) is 125 Å². The quantitative estimate of drug-likeness (QED) is 0.0120. The van der Waals surface area contributed by atoms with Gasteiger partial charge in [-0.3, -0.25) is 23.2 Å². The fourth-order valence-corrected chi connectivity index (χ4v) is 8.84. The van der Waals surface area contributed by atoms with Crippen LogP contribution in [0, 0.1) is 0 Å². The number of aliphatic hydroxyl groups is 6. The van der Waals surface area contributed by atoms with E-state index >= 15 is 0 Å². The Morgan fingerprint density at radius 3 is 1.53 bits per heavy atom. The Hall–Kier alpha value is -2.90. The highest BCUT2D eigenvalue weighted by Crippen LogP contribution is 2.49. The summed E-state index contributed by atoms with van der Waals surface area (Å²) in [5, 5.41) is 62.2. The standard InChI is InChI=1S/C52H88O18P2/c1-3-5-7-9-11-13-15-17-18-19-20-21-22-23-24-26-28-30-32-34-38-46(56)68-42(41-67-72(64,65)70-52-49(59)47(57)48(58)51(50(52)60)69-71(61,62)63)40-66-45(55)39-35-37-44(54)43(53)36-33-31-29-27-25-16-14-12-10-8-6-4-2/h6,8,12-15,18-19,21-22,25,27,31,33,42-44,47-54,57-60H,3-5,7,9-11,16-17,20,23-24,26,28-30,32,34-41H2,1-2H3,(H,64,65)(H2,61,62,63)/b8-6-,14-12-,15-13-,19-18-,22-21-,27-25-,33-31-/t42-,43+,44+,47?,48?,49?,50?,51-,52+/m1/s1. The predicted octanol–water partition coefficient (Wildman–Crippen LogP) is 8.51. The Balaban J connectivity index is 2.66. The van der Waals surface area contributed by atoms with Crippen molar-refractivity contribution in [2.75, 3.05) is 13.2 Å². The molecule has 5 unspecified atom stereocenters. The lowest BCUT2D eigenvalue weighted by Crippen LogP contribution is -2.64. The number of ether oxygens (including phenoxy) is 2. The molecule has 0 bridgehead atoms. The lowest BCUT2D eigenvalue weighted by molar-refractivity contribution is -0.216. The number of hydrogen-bond acceptors (Lipinski definition) is 15. The highest BCUT2D eigenvalue weighted by Gasteiger charge is 2.54. The van der Waals surface area contributed by atoms with E-state index in [1.807, 2.05) is 18.2 Å². The highest BCUT2D eigenvalue weighted by molar-refractivity contribution is 7.47. The number of aliphatic hydroxyl groups excluding tert-OH is 6. The van der Waals surface area contributed by atoms with E-state index in [-0.39, 0.29) is 32.1 Å². The second-order valence-corrected chi connectivity index (χ2v) is 20.4. The molecule has 0 aromatic carbocycles. The number of rotatable bonds is 42. The van der Waals surface area contributed by atoms with Crippen molar-refractivity contribution in [1.82, 2.24) is 0 Å². The Kier molecular flexibility index (Phi) is 38.6. The van der Waals surface area contributed by atoms with Crippen LogP contribution in [0.25, 0.3) is 0 Å². The predicted molar refractivity (Wildman–Crippen MR) is 276 cm³/mol. The van der Waals surface area contributed by atoms with E-state index in [9.17, 15) is 64.0 Å². The molecule has 0 aromatic heterocycles. The first kappa shape index (κ1) is 67.1. The molecule has 0 saturated heterocycles. The maximum absolute atomic E-state index is 13.0. The molecule has 9 N–H and O–H groups in total. The van der Waals surface area contributed by atoms with Crippen LogP contribution in [0.2, 0.25) is 0 Å². The number of allylic oxidation sites excluding steroid dienone is 13. The number of hydrogen-bond donors (Lipinski definition) is 9. The fraction of sp³-hybridized carbons (Fsp3) is 0.692. The maximum Gasteiger partial charge on any atom is 0.472 e. The fourth-order valence-electron chi connectivity index (χ4n) is 7.30. The summed E-state index contributed by atoms with van der Waals surface area (Å²) in [5.41, 5.74) is 0. The van der Waals surface area contributed by atoms with Gasteiger partial charge in [0.15, 0.2) is 6.10 Å². The van der Waals surface area contributed by atoms with Crippen LogP contribution < -0.4 is 0 Å². The topological polar surface area (TPSA) is 296 Å². The number of unbranched alkanes of at least 4 members (excludes halogenated alkanes) is 10. The third-order valence-corrected chi connectivity index (χ3v) is 12.9. The van der Waals surface area contributed by atoms with Gasteiger partial charge in [0.25, 0.3) is 0 Å². The van der Waals surface area contributed by atoms with Crippen LogP contribution in [-0.2, 0) is 41.8 Å². The second kappa shape index (κ2) is 41.4. The van der Waals surface area contributed by atoms with E-state index in [1.165, 1.54) is 25.7 Å². The van der Waals surface area contributed by atoms with E-state index in [2.05, 4.69) is 79.1 Å². The molecule has 72 heavy (non-hydrogen) atoms. The molecule has 0 heterocycles. The number of phosphoric ester groups is 2. The summed E-state index contributed by atoms with van der Waals surface area (Å²) < 4.78 is 49.3. The third-order valence-electron chi connectivity index (χ3n) is 11.4. The van der Waals surface area contributed by atoms with E-state index in [1.54, 1.807) is 6.08 Å². The minimum Gasteiger partial charge on any atom is -0.462 e. The summed E-state index contributed by atoms with van der Waals surface area (Å²) >= 11 is 0. The molecule has 1 saturated carbocycles. The summed E-state index contributed by atoms with van der Waals surface area (Å²) in [6.07, 6.45) is 29.6. The minimum atomic E-state index is -5.40. The molecule has 414 valence electrons. The largest absolute Gasteiger partial charge is 0.472 e. The van der Waals surface area contributed by atoms with Gasteiger partial charge in [0.05, 0.1) is 18.8 Å². The monoisotopic (exact) mass is 1060 g/mol. The molecule has 0 radical (unpaired) electrons. The average molecular weight is 1060 g/mol. The molecule has 0 amide bonds. The third kappa shape index (κ3) is 34.6. The molecular weight excluding hydrogens is 975 g/mol. The van der Waals surface area contributed by atoms with Crippen molar-refractivity contribution >= 4 is 27.6 Å². The van der Waals surface area contributed by atoms with Gasteiger partial charge >= 0.3 is 27.6 Å². The van der Waals surface area contributed by atoms with Crippen molar-refractivity contribution in [3.63, 3.8) is 0 Å². The summed E-state index contributed by atoms with van der Waals surface area (Å²) in [4.78, 5) is 54.5. The molecule has 1 fully saturated rings.